The first-order valence-corrected chi connectivity index (χ1v) is 6.51. The van der Waals surface area contributed by atoms with Crippen molar-refractivity contribution in [2.24, 2.45) is 5.14 Å². The third kappa shape index (κ3) is 4.44. The molecule has 0 spiro atoms. The van der Waals surface area contributed by atoms with E-state index in [1.807, 2.05) is 0 Å². The molecule has 16 heavy (non-hydrogen) atoms. The quantitative estimate of drug-likeness (QED) is 0.662. The number of ether oxygens (including phenoxy) is 1. The maximum Gasteiger partial charge on any atom is 0.305 e. The van der Waals surface area contributed by atoms with Crippen molar-refractivity contribution >= 4 is 16.2 Å². The summed E-state index contributed by atoms with van der Waals surface area (Å²) in [6.07, 6.45) is 0.999. The molecule has 0 amide bonds. The summed E-state index contributed by atoms with van der Waals surface area (Å²) in [5.41, 5.74) is 0. The number of piperidine rings is 1. The van der Waals surface area contributed by atoms with Crippen molar-refractivity contribution in [2.45, 2.75) is 25.4 Å². The molecule has 0 unspecified atom stereocenters. The molecule has 1 saturated heterocycles. The van der Waals surface area contributed by atoms with Gasteiger partial charge in [0.05, 0.1) is 19.1 Å². The smallest absolute Gasteiger partial charge is 0.305 e. The molecule has 0 saturated carbocycles. The van der Waals surface area contributed by atoms with Gasteiger partial charge in [-0.05, 0) is 12.8 Å². The first-order valence-electron chi connectivity index (χ1n) is 5.01. The highest BCUT2D eigenvalue weighted by Crippen LogP contribution is 2.15. The number of hydrogen-bond donors (Lipinski definition) is 2. The van der Waals surface area contributed by atoms with Gasteiger partial charge in [-0.15, -0.1) is 0 Å². The molecule has 0 aromatic heterocycles. The van der Waals surface area contributed by atoms with Crippen molar-refractivity contribution in [1.82, 2.24) is 4.31 Å². The van der Waals surface area contributed by atoms with Crippen LogP contribution in [0, 0.1) is 0 Å². The Labute approximate surface area is 94.4 Å². The Balaban J connectivity index is 2.25. The third-order valence-corrected chi connectivity index (χ3v) is 3.52. The van der Waals surface area contributed by atoms with Gasteiger partial charge in [0.1, 0.15) is 0 Å². The van der Waals surface area contributed by atoms with Gasteiger partial charge in [-0.3, -0.25) is 4.79 Å². The fraction of sp³-hybridized carbons (Fsp3) is 0.875. The molecule has 3 N–H and O–H groups in total. The summed E-state index contributed by atoms with van der Waals surface area (Å²) in [6.45, 7) is 0.822. The van der Waals surface area contributed by atoms with Gasteiger partial charge in [0.15, 0.2) is 0 Å². The van der Waals surface area contributed by atoms with Gasteiger partial charge >= 0.3 is 5.97 Å². The first-order chi connectivity index (χ1) is 7.39. The van der Waals surface area contributed by atoms with Crippen LogP contribution >= 0.6 is 0 Å². The number of aliphatic carboxylic acids is 1. The zero-order valence-corrected chi connectivity index (χ0v) is 9.65. The Bertz CT molecular complexity index is 334. The topological polar surface area (TPSA) is 110 Å². The van der Waals surface area contributed by atoms with Crippen LogP contribution in [0.15, 0.2) is 0 Å². The standard InChI is InChI=1S/C8H16N2O5S/c9-16(13,14)10-4-1-7(2-5-10)15-6-3-8(11)12/h7H,1-6H2,(H,11,12)(H2,9,13,14). The molecule has 0 bridgehead atoms. The molecule has 1 fully saturated rings. The summed E-state index contributed by atoms with van der Waals surface area (Å²) in [5, 5.41) is 13.4. The van der Waals surface area contributed by atoms with Gasteiger partial charge < -0.3 is 9.84 Å². The summed E-state index contributed by atoms with van der Waals surface area (Å²) in [5.74, 6) is -0.901. The second-order valence-electron chi connectivity index (χ2n) is 3.66. The lowest BCUT2D eigenvalue weighted by molar-refractivity contribution is -0.138. The van der Waals surface area contributed by atoms with Crippen molar-refractivity contribution in [2.75, 3.05) is 19.7 Å². The fourth-order valence-electron chi connectivity index (χ4n) is 1.57. The predicted molar refractivity (Wildman–Crippen MR) is 55.9 cm³/mol. The van der Waals surface area contributed by atoms with Crippen LogP contribution in [0.3, 0.4) is 0 Å². The first kappa shape index (κ1) is 13.4. The van der Waals surface area contributed by atoms with E-state index >= 15 is 0 Å². The Morgan fingerprint density at radius 3 is 2.44 bits per heavy atom. The van der Waals surface area contributed by atoms with E-state index in [1.54, 1.807) is 0 Å². The average Bonchev–Trinajstić information content (AvgIpc) is 2.16. The van der Waals surface area contributed by atoms with E-state index in [1.165, 1.54) is 4.31 Å². The molecule has 1 aliphatic heterocycles. The minimum absolute atomic E-state index is 0.0323. The van der Waals surface area contributed by atoms with Crippen molar-refractivity contribution in [1.29, 1.82) is 0 Å². The molecule has 0 atom stereocenters. The Kier molecular flexibility index (Phi) is 4.66. The minimum atomic E-state index is -3.60. The van der Waals surface area contributed by atoms with Crippen LogP contribution in [-0.2, 0) is 19.7 Å². The number of carboxylic acid groups (broad SMARTS) is 1. The molecular weight excluding hydrogens is 236 g/mol. The fourth-order valence-corrected chi connectivity index (χ4v) is 2.29. The highest BCUT2D eigenvalue weighted by molar-refractivity contribution is 7.86. The van der Waals surface area contributed by atoms with Gasteiger partial charge in [0.2, 0.25) is 0 Å². The molecule has 7 nitrogen and oxygen atoms in total. The van der Waals surface area contributed by atoms with Gasteiger partial charge in [0.25, 0.3) is 10.2 Å². The van der Waals surface area contributed by atoms with E-state index in [9.17, 15) is 13.2 Å². The molecule has 94 valence electrons. The van der Waals surface area contributed by atoms with Gasteiger partial charge in [-0.25, -0.2) is 5.14 Å². The van der Waals surface area contributed by atoms with E-state index in [0.717, 1.165) is 0 Å². The van der Waals surface area contributed by atoms with Crippen LogP contribution in [0.1, 0.15) is 19.3 Å². The van der Waals surface area contributed by atoms with Gasteiger partial charge in [0, 0.05) is 13.1 Å². The minimum Gasteiger partial charge on any atom is -0.481 e. The third-order valence-electron chi connectivity index (χ3n) is 2.43. The molecule has 0 aromatic rings. The van der Waals surface area contributed by atoms with Crippen LogP contribution in [0.25, 0.3) is 0 Å². The number of rotatable bonds is 5. The van der Waals surface area contributed by atoms with Crippen molar-refractivity contribution in [3.63, 3.8) is 0 Å². The summed E-state index contributed by atoms with van der Waals surface area (Å²) in [6, 6.07) is 0. The number of hydrogen-bond acceptors (Lipinski definition) is 4. The maximum absolute atomic E-state index is 11.0. The van der Waals surface area contributed by atoms with Crippen molar-refractivity contribution in [3.8, 4) is 0 Å². The van der Waals surface area contributed by atoms with E-state index in [0.29, 0.717) is 25.9 Å². The highest BCUT2D eigenvalue weighted by Gasteiger charge is 2.25. The number of nitrogens with zero attached hydrogens (tertiary/aromatic N) is 1. The number of carboxylic acids is 1. The molecule has 1 heterocycles. The molecule has 8 heteroatoms. The average molecular weight is 252 g/mol. The number of nitrogens with two attached hydrogens (primary N) is 1. The van der Waals surface area contributed by atoms with Gasteiger partial charge in [-0.1, -0.05) is 0 Å². The van der Waals surface area contributed by atoms with E-state index in [2.05, 4.69) is 0 Å². The lowest BCUT2D eigenvalue weighted by Crippen LogP contribution is -2.44. The Morgan fingerprint density at radius 2 is 2.00 bits per heavy atom. The Hall–Kier alpha value is -0.700. The molecule has 0 radical (unpaired) electrons. The maximum atomic E-state index is 11.0. The second kappa shape index (κ2) is 5.58. The summed E-state index contributed by atoms with van der Waals surface area (Å²) in [4.78, 5) is 10.2. The largest absolute Gasteiger partial charge is 0.481 e. The number of carbonyl (C=O) groups is 1. The van der Waals surface area contributed by atoms with E-state index < -0.39 is 16.2 Å². The Morgan fingerprint density at radius 1 is 1.44 bits per heavy atom. The molecular formula is C8H16N2O5S. The SMILES string of the molecule is NS(=O)(=O)N1CCC(OCCC(=O)O)CC1. The van der Waals surface area contributed by atoms with E-state index in [-0.39, 0.29) is 19.1 Å². The van der Waals surface area contributed by atoms with Crippen LogP contribution in [0.4, 0.5) is 0 Å². The summed E-state index contributed by atoms with van der Waals surface area (Å²) < 4.78 is 28.5. The molecule has 1 rings (SSSR count). The van der Waals surface area contributed by atoms with Gasteiger partial charge in [-0.2, -0.15) is 12.7 Å². The zero-order chi connectivity index (χ0) is 12.2. The lowest BCUT2D eigenvalue weighted by atomic mass is 10.1. The highest BCUT2D eigenvalue weighted by atomic mass is 32.2. The van der Waals surface area contributed by atoms with Crippen LogP contribution in [-0.4, -0.2) is 49.6 Å². The van der Waals surface area contributed by atoms with Crippen LogP contribution in [0.5, 0.6) is 0 Å². The summed E-state index contributed by atoms with van der Waals surface area (Å²) >= 11 is 0. The zero-order valence-electron chi connectivity index (χ0n) is 8.83. The molecule has 0 aromatic carbocycles. The second-order valence-corrected chi connectivity index (χ2v) is 5.20. The lowest BCUT2D eigenvalue weighted by Gasteiger charge is -2.29. The normalized spacial score (nSPS) is 19.8. The van der Waals surface area contributed by atoms with Crippen molar-refractivity contribution < 1.29 is 23.1 Å². The van der Waals surface area contributed by atoms with Crippen LogP contribution < -0.4 is 5.14 Å². The van der Waals surface area contributed by atoms with Crippen LogP contribution in [0.2, 0.25) is 0 Å². The van der Waals surface area contributed by atoms with Crippen molar-refractivity contribution in [3.05, 3.63) is 0 Å². The molecule has 0 aliphatic carbocycles. The van der Waals surface area contributed by atoms with E-state index in [4.69, 9.17) is 15.0 Å². The summed E-state index contributed by atoms with van der Waals surface area (Å²) in [7, 11) is -3.60. The molecule has 1 aliphatic rings. The monoisotopic (exact) mass is 252 g/mol. The predicted octanol–water partition coefficient (Wildman–Crippen LogP) is -0.854.